The first-order valence-electron chi connectivity index (χ1n) is 9.82. The number of fused-ring (bicyclic) bond motifs is 1. The molecule has 0 aliphatic carbocycles. The number of benzene rings is 3. The van der Waals surface area contributed by atoms with Crippen molar-refractivity contribution in [1.29, 1.82) is 0 Å². The number of carbonyl (C=O) groups excluding carboxylic acids is 1. The summed E-state index contributed by atoms with van der Waals surface area (Å²) in [5.41, 5.74) is 2.39. The third-order valence-electron chi connectivity index (χ3n) is 4.83. The Morgan fingerprint density at radius 3 is 2.35 bits per heavy atom. The fourth-order valence-corrected chi connectivity index (χ4v) is 4.50. The minimum Gasteiger partial charge on any atom is -0.352 e. The van der Waals surface area contributed by atoms with Crippen LogP contribution in [-0.4, -0.2) is 25.9 Å². The van der Waals surface area contributed by atoms with E-state index in [-0.39, 0.29) is 10.8 Å². The number of hydrogen-bond acceptors (Lipinski definition) is 4. The quantitative estimate of drug-likeness (QED) is 0.463. The first-order valence-corrected chi connectivity index (χ1v) is 11.3. The molecule has 0 spiro atoms. The van der Waals surface area contributed by atoms with Gasteiger partial charge in [0, 0.05) is 29.4 Å². The van der Waals surface area contributed by atoms with Crippen LogP contribution in [-0.2, 0) is 16.4 Å². The smallest absolute Gasteiger partial charge is 0.264 e. The van der Waals surface area contributed by atoms with E-state index in [1.165, 1.54) is 6.07 Å². The van der Waals surface area contributed by atoms with Gasteiger partial charge in [0.1, 0.15) is 4.90 Å². The number of para-hydroxylation sites is 1. The zero-order chi connectivity index (χ0) is 21.7. The number of pyridine rings is 1. The van der Waals surface area contributed by atoms with Crippen LogP contribution in [0.1, 0.15) is 15.9 Å². The van der Waals surface area contributed by atoms with E-state index in [1.54, 1.807) is 42.6 Å². The molecule has 0 aliphatic heterocycles. The minimum atomic E-state index is -3.83. The number of hydrogen-bond donors (Lipinski definition) is 2. The molecule has 1 aromatic heterocycles. The fraction of sp³-hybridized carbons (Fsp3) is 0.0833. The zero-order valence-electron chi connectivity index (χ0n) is 16.7. The van der Waals surface area contributed by atoms with Gasteiger partial charge in [-0.05, 0) is 48.4 Å². The number of aromatic nitrogens is 1. The third kappa shape index (κ3) is 4.90. The second-order valence-electron chi connectivity index (χ2n) is 7.01. The first-order chi connectivity index (χ1) is 15.0. The van der Waals surface area contributed by atoms with E-state index in [0.717, 1.165) is 17.4 Å². The highest BCUT2D eigenvalue weighted by atomic mass is 32.2. The van der Waals surface area contributed by atoms with Crippen molar-refractivity contribution in [2.24, 2.45) is 0 Å². The van der Waals surface area contributed by atoms with Gasteiger partial charge < -0.3 is 5.32 Å². The Hall–Kier alpha value is -3.71. The monoisotopic (exact) mass is 431 g/mol. The molecule has 7 heteroatoms. The number of nitrogens with zero attached hydrogens (tertiary/aromatic N) is 1. The van der Waals surface area contributed by atoms with Gasteiger partial charge in [0.05, 0.1) is 5.52 Å². The van der Waals surface area contributed by atoms with Crippen LogP contribution >= 0.6 is 0 Å². The minimum absolute atomic E-state index is 0.105. The van der Waals surface area contributed by atoms with Crippen LogP contribution in [0.3, 0.4) is 0 Å². The summed E-state index contributed by atoms with van der Waals surface area (Å²) in [6.07, 6.45) is 2.30. The number of amides is 1. The lowest BCUT2D eigenvalue weighted by Gasteiger charge is -2.11. The molecule has 0 unspecified atom stereocenters. The number of sulfonamides is 1. The SMILES string of the molecule is O=C(NCCc1ccccc1)c1ccc(NS(=O)(=O)c2cccc3cccnc23)cc1. The Labute approximate surface area is 181 Å². The molecule has 0 saturated heterocycles. The van der Waals surface area contributed by atoms with Gasteiger partial charge in [-0.1, -0.05) is 48.5 Å². The molecule has 1 amide bonds. The summed E-state index contributed by atoms with van der Waals surface area (Å²) in [4.78, 5) is 16.7. The normalized spacial score (nSPS) is 11.2. The highest BCUT2D eigenvalue weighted by Gasteiger charge is 2.18. The predicted octanol–water partition coefficient (Wildman–Crippen LogP) is 4.01. The van der Waals surface area contributed by atoms with E-state index in [9.17, 15) is 13.2 Å². The Bertz CT molecular complexity index is 1300. The van der Waals surface area contributed by atoms with Gasteiger partial charge in [-0.25, -0.2) is 8.42 Å². The lowest BCUT2D eigenvalue weighted by molar-refractivity contribution is 0.0954. The van der Waals surface area contributed by atoms with Gasteiger partial charge in [-0.15, -0.1) is 0 Å². The Balaban J connectivity index is 1.42. The molecule has 0 saturated carbocycles. The molecule has 6 nitrogen and oxygen atoms in total. The molecule has 0 radical (unpaired) electrons. The average molecular weight is 432 g/mol. The summed E-state index contributed by atoms with van der Waals surface area (Å²) in [5, 5.41) is 3.62. The summed E-state index contributed by atoms with van der Waals surface area (Å²) in [6, 6.07) is 24.8. The molecular weight excluding hydrogens is 410 g/mol. The molecule has 0 fully saturated rings. The van der Waals surface area contributed by atoms with Crippen LogP contribution in [0.25, 0.3) is 10.9 Å². The lowest BCUT2D eigenvalue weighted by Crippen LogP contribution is -2.25. The summed E-state index contributed by atoms with van der Waals surface area (Å²) < 4.78 is 28.3. The molecule has 156 valence electrons. The van der Waals surface area contributed by atoms with Gasteiger partial charge >= 0.3 is 0 Å². The molecule has 1 heterocycles. The number of anilines is 1. The van der Waals surface area contributed by atoms with Crippen LogP contribution in [0.2, 0.25) is 0 Å². The summed E-state index contributed by atoms with van der Waals surface area (Å²) in [7, 11) is -3.83. The summed E-state index contributed by atoms with van der Waals surface area (Å²) in [5.74, 6) is -0.205. The number of carbonyl (C=O) groups is 1. The highest BCUT2D eigenvalue weighted by molar-refractivity contribution is 7.93. The van der Waals surface area contributed by atoms with E-state index < -0.39 is 10.0 Å². The predicted molar refractivity (Wildman–Crippen MR) is 121 cm³/mol. The fourth-order valence-electron chi connectivity index (χ4n) is 3.26. The zero-order valence-corrected chi connectivity index (χ0v) is 17.5. The first kappa shape index (κ1) is 20.6. The highest BCUT2D eigenvalue weighted by Crippen LogP contribution is 2.23. The van der Waals surface area contributed by atoms with Crippen molar-refractivity contribution in [3.05, 3.63) is 102 Å². The van der Waals surface area contributed by atoms with Crippen molar-refractivity contribution in [1.82, 2.24) is 10.3 Å². The van der Waals surface area contributed by atoms with Crippen molar-refractivity contribution < 1.29 is 13.2 Å². The second kappa shape index (κ2) is 8.97. The van der Waals surface area contributed by atoms with Crippen LogP contribution in [0, 0.1) is 0 Å². The maximum atomic E-state index is 12.9. The molecule has 4 aromatic rings. The van der Waals surface area contributed by atoms with Gasteiger partial charge in [0.15, 0.2) is 0 Å². The van der Waals surface area contributed by atoms with Crippen molar-refractivity contribution in [3.63, 3.8) is 0 Å². The van der Waals surface area contributed by atoms with Gasteiger partial charge in [-0.3, -0.25) is 14.5 Å². The second-order valence-corrected chi connectivity index (χ2v) is 8.66. The number of rotatable bonds is 7. The molecule has 31 heavy (non-hydrogen) atoms. The molecule has 0 atom stereocenters. The molecule has 2 N–H and O–H groups in total. The molecule has 3 aromatic carbocycles. The summed E-state index contributed by atoms with van der Waals surface area (Å²) >= 11 is 0. The van der Waals surface area contributed by atoms with Crippen LogP contribution < -0.4 is 10.0 Å². The van der Waals surface area contributed by atoms with E-state index in [2.05, 4.69) is 15.0 Å². The van der Waals surface area contributed by atoms with Crippen molar-refractivity contribution in [2.45, 2.75) is 11.3 Å². The van der Waals surface area contributed by atoms with E-state index >= 15 is 0 Å². The van der Waals surface area contributed by atoms with E-state index in [0.29, 0.717) is 23.3 Å². The maximum absolute atomic E-state index is 12.9. The largest absolute Gasteiger partial charge is 0.352 e. The van der Waals surface area contributed by atoms with Gasteiger partial charge in [0.25, 0.3) is 15.9 Å². The topological polar surface area (TPSA) is 88.2 Å². The third-order valence-corrected chi connectivity index (χ3v) is 6.24. The Morgan fingerprint density at radius 1 is 0.839 bits per heavy atom. The number of nitrogens with one attached hydrogen (secondary N) is 2. The van der Waals surface area contributed by atoms with Crippen LogP contribution in [0.5, 0.6) is 0 Å². The molecule has 4 rings (SSSR count). The van der Waals surface area contributed by atoms with Crippen molar-refractivity contribution in [2.75, 3.05) is 11.3 Å². The van der Waals surface area contributed by atoms with Crippen LogP contribution in [0.4, 0.5) is 5.69 Å². The lowest BCUT2D eigenvalue weighted by atomic mass is 10.1. The Kier molecular flexibility index (Phi) is 5.95. The Morgan fingerprint density at radius 2 is 1.58 bits per heavy atom. The molecule has 0 aliphatic rings. The molecule has 0 bridgehead atoms. The van der Waals surface area contributed by atoms with Crippen molar-refractivity contribution in [3.8, 4) is 0 Å². The molecular formula is C24H21N3O3S. The van der Waals surface area contributed by atoms with Gasteiger partial charge in [-0.2, -0.15) is 0 Å². The van der Waals surface area contributed by atoms with E-state index in [1.807, 2.05) is 42.5 Å². The maximum Gasteiger partial charge on any atom is 0.264 e. The standard InChI is InChI=1S/C24H21N3O3S/c28-24(26-17-15-18-6-2-1-3-7-18)20-11-13-21(14-12-20)27-31(29,30)22-10-4-8-19-9-5-16-25-23(19)22/h1-14,16,27H,15,17H2,(H,26,28). The van der Waals surface area contributed by atoms with Gasteiger partial charge in [0.2, 0.25) is 0 Å². The van der Waals surface area contributed by atoms with E-state index in [4.69, 9.17) is 0 Å². The summed E-state index contributed by atoms with van der Waals surface area (Å²) in [6.45, 7) is 0.519. The van der Waals surface area contributed by atoms with Crippen LogP contribution in [0.15, 0.2) is 96.0 Å². The van der Waals surface area contributed by atoms with Crippen molar-refractivity contribution >= 4 is 32.5 Å². The average Bonchev–Trinajstić information content (AvgIpc) is 2.79.